The number of aryl methyl sites for hydroxylation is 2. The highest BCUT2D eigenvalue weighted by Crippen LogP contribution is 2.15. The van der Waals surface area contributed by atoms with E-state index in [1.165, 1.54) is 0 Å². The van der Waals surface area contributed by atoms with E-state index in [4.69, 9.17) is 9.47 Å². The van der Waals surface area contributed by atoms with Crippen molar-refractivity contribution in [2.24, 2.45) is 0 Å². The minimum absolute atomic E-state index is 0.419. The Hall–Kier alpha value is -1.71. The number of carbonyl (C=O) groups excluding carboxylic acids is 1. The van der Waals surface area contributed by atoms with Crippen molar-refractivity contribution in [1.82, 2.24) is 5.32 Å². The average Bonchev–Trinajstić information content (AvgIpc) is 2.20. The standard InChI is InChI=1S/C15H23NO3/c1-11-8-12(2)10-13(9-11)18-7-6-16-14(17)19-15(3,4)5/h8-10H,6-7H2,1-5H3,(H,16,17). The summed E-state index contributed by atoms with van der Waals surface area (Å²) in [5.74, 6) is 0.823. The van der Waals surface area contributed by atoms with Gasteiger partial charge in [-0.1, -0.05) is 6.07 Å². The van der Waals surface area contributed by atoms with Gasteiger partial charge in [0.05, 0.1) is 6.54 Å². The second-order valence-corrected chi connectivity index (χ2v) is 5.60. The average molecular weight is 265 g/mol. The van der Waals surface area contributed by atoms with Crippen LogP contribution in [-0.2, 0) is 4.74 Å². The Kier molecular flexibility index (Phi) is 5.21. The molecule has 1 aromatic rings. The van der Waals surface area contributed by atoms with E-state index in [0.717, 1.165) is 16.9 Å². The monoisotopic (exact) mass is 265 g/mol. The number of hydrogen-bond acceptors (Lipinski definition) is 3. The van der Waals surface area contributed by atoms with E-state index in [9.17, 15) is 4.79 Å². The molecule has 1 rings (SSSR count). The molecule has 1 aromatic carbocycles. The Morgan fingerprint density at radius 3 is 2.26 bits per heavy atom. The molecule has 0 aliphatic rings. The lowest BCUT2D eigenvalue weighted by atomic mass is 10.1. The molecule has 0 saturated heterocycles. The second-order valence-electron chi connectivity index (χ2n) is 5.60. The highest BCUT2D eigenvalue weighted by molar-refractivity contribution is 5.67. The number of benzene rings is 1. The Morgan fingerprint density at radius 2 is 1.74 bits per heavy atom. The highest BCUT2D eigenvalue weighted by atomic mass is 16.6. The van der Waals surface area contributed by atoms with E-state index < -0.39 is 11.7 Å². The van der Waals surface area contributed by atoms with Gasteiger partial charge in [0.15, 0.2) is 0 Å². The van der Waals surface area contributed by atoms with Crippen LogP contribution in [0.4, 0.5) is 4.79 Å². The molecule has 0 aliphatic heterocycles. The molecule has 19 heavy (non-hydrogen) atoms. The molecule has 0 spiro atoms. The van der Waals surface area contributed by atoms with Crippen molar-refractivity contribution < 1.29 is 14.3 Å². The van der Waals surface area contributed by atoms with Crippen molar-refractivity contribution in [2.45, 2.75) is 40.2 Å². The van der Waals surface area contributed by atoms with Gasteiger partial charge in [-0.25, -0.2) is 4.79 Å². The number of carbonyl (C=O) groups is 1. The minimum Gasteiger partial charge on any atom is -0.492 e. The van der Waals surface area contributed by atoms with Crippen LogP contribution in [0.2, 0.25) is 0 Å². The number of rotatable bonds is 4. The molecular weight excluding hydrogens is 242 g/mol. The van der Waals surface area contributed by atoms with Gasteiger partial charge in [0.1, 0.15) is 18.0 Å². The summed E-state index contributed by atoms with van der Waals surface area (Å²) in [6.07, 6.45) is -0.420. The first kappa shape index (κ1) is 15.3. The summed E-state index contributed by atoms with van der Waals surface area (Å²) in [6.45, 7) is 10.4. The first-order valence-corrected chi connectivity index (χ1v) is 6.44. The van der Waals surface area contributed by atoms with Crippen LogP contribution in [0.1, 0.15) is 31.9 Å². The minimum atomic E-state index is -0.474. The Balaban J connectivity index is 2.29. The topological polar surface area (TPSA) is 47.6 Å². The maximum Gasteiger partial charge on any atom is 0.407 e. The summed E-state index contributed by atoms with van der Waals surface area (Å²) < 4.78 is 10.7. The molecule has 4 nitrogen and oxygen atoms in total. The maximum absolute atomic E-state index is 11.4. The molecule has 0 aromatic heterocycles. The van der Waals surface area contributed by atoms with Crippen molar-refractivity contribution in [1.29, 1.82) is 0 Å². The van der Waals surface area contributed by atoms with Gasteiger partial charge in [0.2, 0.25) is 0 Å². The molecular formula is C15H23NO3. The van der Waals surface area contributed by atoms with Crippen LogP contribution in [0.5, 0.6) is 5.75 Å². The van der Waals surface area contributed by atoms with Crippen molar-refractivity contribution in [3.63, 3.8) is 0 Å². The van der Waals surface area contributed by atoms with Crippen LogP contribution in [0.25, 0.3) is 0 Å². The molecule has 106 valence electrons. The summed E-state index contributed by atoms with van der Waals surface area (Å²) >= 11 is 0. The SMILES string of the molecule is Cc1cc(C)cc(OCCNC(=O)OC(C)(C)C)c1. The van der Waals surface area contributed by atoms with Gasteiger partial charge in [-0.3, -0.25) is 0 Å². The summed E-state index contributed by atoms with van der Waals surface area (Å²) in [7, 11) is 0. The largest absolute Gasteiger partial charge is 0.492 e. The van der Waals surface area contributed by atoms with E-state index in [-0.39, 0.29) is 0 Å². The zero-order valence-corrected chi connectivity index (χ0v) is 12.4. The molecule has 1 N–H and O–H groups in total. The van der Waals surface area contributed by atoms with Crippen LogP contribution in [0.3, 0.4) is 0 Å². The molecule has 0 radical (unpaired) electrons. The van der Waals surface area contributed by atoms with Crippen molar-refractivity contribution in [2.75, 3.05) is 13.2 Å². The van der Waals surface area contributed by atoms with E-state index >= 15 is 0 Å². The smallest absolute Gasteiger partial charge is 0.407 e. The first-order chi connectivity index (χ1) is 8.76. The lowest BCUT2D eigenvalue weighted by Gasteiger charge is -2.19. The van der Waals surface area contributed by atoms with E-state index in [1.807, 2.05) is 46.8 Å². The van der Waals surface area contributed by atoms with Gasteiger partial charge in [-0.2, -0.15) is 0 Å². The lowest BCUT2D eigenvalue weighted by molar-refractivity contribution is 0.0520. The second kappa shape index (κ2) is 6.45. The fourth-order valence-electron chi connectivity index (χ4n) is 1.65. The Morgan fingerprint density at radius 1 is 1.16 bits per heavy atom. The third-order valence-corrected chi connectivity index (χ3v) is 2.23. The van der Waals surface area contributed by atoms with Crippen LogP contribution in [0, 0.1) is 13.8 Å². The third kappa shape index (κ3) is 6.70. The molecule has 4 heteroatoms. The Bertz CT molecular complexity index is 415. The highest BCUT2D eigenvalue weighted by Gasteiger charge is 2.15. The summed E-state index contributed by atoms with van der Waals surface area (Å²) in [6, 6.07) is 6.03. The summed E-state index contributed by atoms with van der Waals surface area (Å²) in [5, 5.41) is 2.65. The quantitative estimate of drug-likeness (QED) is 0.850. The van der Waals surface area contributed by atoms with Crippen molar-refractivity contribution in [3.8, 4) is 5.75 Å². The number of hydrogen-bond donors (Lipinski definition) is 1. The molecule has 0 heterocycles. The molecule has 0 aliphatic carbocycles. The van der Waals surface area contributed by atoms with E-state index in [1.54, 1.807) is 0 Å². The van der Waals surface area contributed by atoms with Crippen molar-refractivity contribution in [3.05, 3.63) is 29.3 Å². The number of nitrogens with one attached hydrogen (secondary N) is 1. The number of ether oxygens (including phenoxy) is 2. The first-order valence-electron chi connectivity index (χ1n) is 6.44. The van der Waals surface area contributed by atoms with Crippen LogP contribution in [0.15, 0.2) is 18.2 Å². The molecule has 1 amide bonds. The van der Waals surface area contributed by atoms with Gasteiger partial charge >= 0.3 is 6.09 Å². The van der Waals surface area contributed by atoms with Gasteiger partial charge < -0.3 is 14.8 Å². The normalized spacial score (nSPS) is 11.0. The predicted molar refractivity (Wildman–Crippen MR) is 75.6 cm³/mol. The van der Waals surface area contributed by atoms with Crippen LogP contribution >= 0.6 is 0 Å². The number of amides is 1. The van der Waals surface area contributed by atoms with Gasteiger partial charge in [0.25, 0.3) is 0 Å². The Labute approximate surface area is 115 Å². The van der Waals surface area contributed by atoms with Gasteiger partial charge in [-0.05, 0) is 57.9 Å². The van der Waals surface area contributed by atoms with E-state index in [0.29, 0.717) is 13.2 Å². The number of alkyl carbamates (subject to hydrolysis) is 1. The van der Waals surface area contributed by atoms with Crippen molar-refractivity contribution >= 4 is 6.09 Å². The third-order valence-electron chi connectivity index (χ3n) is 2.23. The summed E-state index contributed by atoms with van der Waals surface area (Å²) in [5.41, 5.74) is 1.85. The van der Waals surface area contributed by atoms with Gasteiger partial charge in [0, 0.05) is 0 Å². The lowest BCUT2D eigenvalue weighted by Crippen LogP contribution is -2.34. The molecule has 0 unspecified atom stereocenters. The summed E-state index contributed by atoms with van der Waals surface area (Å²) in [4.78, 5) is 11.4. The predicted octanol–water partition coefficient (Wildman–Crippen LogP) is 3.21. The van der Waals surface area contributed by atoms with E-state index in [2.05, 4.69) is 11.4 Å². The maximum atomic E-state index is 11.4. The van der Waals surface area contributed by atoms with Crippen LogP contribution < -0.4 is 10.1 Å². The fourth-order valence-corrected chi connectivity index (χ4v) is 1.65. The van der Waals surface area contributed by atoms with Gasteiger partial charge in [-0.15, -0.1) is 0 Å². The molecule has 0 saturated carbocycles. The molecule has 0 bridgehead atoms. The molecule has 0 fully saturated rings. The fraction of sp³-hybridized carbons (Fsp3) is 0.533. The molecule has 0 atom stereocenters. The zero-order valence-electron chi connectivity index (χ0n) is 12.4. The zero-order chi connectivity index (χ0) is 14.5. The van der Waals surface area contributed by atoms with Crippen LogP contribution in [-0.4, -0.2) is 24.8 Å².